The van der Waals surface area contributed by atoms with Gasteiger partial charge in [0.05, 0.1) is 34.0 Å². The third-order valence-electron chi connectivity index (χ3n) is 4.02. The summed E-state index contributed by atoms with van der Waals surface area (Å²) in [5, 5.41) is 0. The second-order valence-corrected chi connectivity index (χ2v) is 5.14. The van der Waals surface area contributed by atoms with Crippen molar-refractivity contribution in [2.24, 2.45) is 0 Å². The van der Waals surface area contributed by atoms with E-state index in [1.807, 2.05) is 0 Å². The van der Waals surface area contributed by atoms with Gasteiger partial charge in [0, 0.05) is 16.7 Å². The van der Waals surface area contributed by atoms with Crippen molar-refractivity contribution in [1.29, 1.82) is 0 Å². The number of ether oxygens (including phenoxy) is 4. The average Bonchev–Trinajstić information content (AvgIpc) is 2.63. The first-order valence-electron chi connectivity index (χ1n) is 7.17. The highest BCUT2D eigenvalue weighted by atomic mass is 16.5. The van der Waals surface area contributed by atoms with E-state index in [4.69, 9.17) is 18.9 Å². The van der Waals surface area contributed by atoms with Gasteiger partial charge in [-0.2, -0.15) is 0 Å². The Balaban J connectivity index is 2.33. The van der Waals surface area contributed by atoms with E-state index in [1.165, 1.54) is 34.5 Å². The van der Waals surface area contributed by atoms with Crippen LogP contribution in [0.2, 0.25) is 0 Å². The third-order valence-corrected chi connectivity index (χ3v) is 4.02. The zero-order valence-corrected chi connectivity index (χ0v) is 13.8. The van der Waals surface area contributed by atoms with Crippen molar-refractivity contribution in [1.82, 2.24) is 0 Å². The fourth-order valence-corrected chi connectivity index (χ4v) is 2.88. The van der Waals surface area contributed by atoms with Crippen molar-refractivity contribution in [2.75, 3.05) is 28.4 Å². The molecule has 0 saturated heterocycles. The van der Waals surface area contributed by atoms with Crippen LogP contribution in [-0.4, -0.2) is 40.0 Å². The van der Waals surface area contributed by atoms with Crippen molar-refractivity contribution in [2.45, 2.75) is 0 Å². The van der Waals surface area contributed by atoms with E-state index in [1.54, 1.807) is 18.2 Å². The van der Waals surface area contributed by atoms with Crippen molar-refractivity contribution in [3.8, 4) is 23.0 Å². The third kappa shape index (κ3) is 2.11. The van der Waals surface area contributed by atoms with Gasteiger partial charge in [0.15, 0.2) is 23.1 Å². The first kappa shape index (κ1) is 15.9. The summed E-state index contributed by atoms with van der Waals surface area (Å²) in [7, 11) is 5.82. The maximum Gasteiger partial charge on any atom is 0.204 e. The maximum atomic E-state index is 12.9. The molecule has 1 aliphatic carbocycles. The standard InChI is InChI=1S/C18H16O6/c1-21-9-5-6-10-11(7-9)15(19)12-8-13(22-2)17(23-3)18(24-4)14(12)16(10)20/h5-8H,1-4H3. The van der Waals surface area contributed by atoms with Gasteiger partial charge in [-0.3, -0.25) is 9.59 Å². The lowest BCUT2D eigenvalue weighted by Gasteiger charge is -2.23. The van der Waals surface area contributed by atoms with Gasteiger partial charge in [0.25, 0.3) is 0 Å². The molecule has 2 aromatic rings. The molecular formula is C18H16O6. The highest BCUT2D eigenvalue weighted by Gasteiger charge is 2.36. The summed E-state index contributed by atoms with van der Waals surface area (Å²) in [6.07, 6.45) is 0. The number of ketones is 2. The Labute approximate surface area is 138 Å². The van der Waals surface area contributed by atoms with Crippen molar-refractivity contribution in [3.63, 3.8) is 0 Å². The minimum Gasteiger partial charge on any atom is -0.497 e. The van der Waals surface area contributed by atoms with Crippen LogP contribution in [0.5, 0.6) is 23.0 Å². The van der Waals surface area contributed by atoms with Crippen LogP contribution in [0.15, 0.2) is 24.3 Å². The summed E-state index contributed by atoms with van der Waals surface area (Å²) in [6, 6.07) is 6.27. The van der Waals surface area contributed by atoms with Crippen LogP contribution in [0.25, 0.3) is 0 Å². The van der Waals surface area contributed by atoms with Gasteiger partial charge in [0.2, 0.25) is 5.75 Å². The second-order valence-electron chi connectivity index (χ2n) is 5.14. The Bertz CT molecular complexity index is 853. The Hall–Kier alpha value is -3.02. The van der Waals surface area contributed by atoms with E-state index < -0.39 is 0 Å². The molecule has 2 aromatic carbocycles. The number of benzene rings is 2. The van der Waals surface area contributed by atoms with Gasteiger partial charge in [0.1, 0.15) is 5.75 Å². The maximum absolute atomic E-state index is 12.9. The molecular weight excluding hydrogens is 312 g/mol. The molecule has 124 valence electrons. The topological polar surface area (TPSA) is 71.1 Å². The van der Waals surface area contributed by atoms with Gasteiger partial charge in [-0.1, -0.05) is 0 Å². The minimum absolute atomic E-state index is 0.179. The fraction of sp³-hybridized carbons (Fsp3) is 0.222. The lowest BCUT2D eigenvalue weighted by atomic mass is 9.83. The van der Waals surface area contributed by atoms with Gasteiger partial charge in [-0.25, -0.2) is 0 Å². The molecule has 24 heavy (non-hydrogen) atoms. The van der Waals surface area contributed by atoms with Crippen molar-refractivity contribution in [3.05, 3.63) is 46.5 Å². The molecule has 0 saturated carbocycles. The van der Waals surface area contributed by atoms with Crippen molar-refractivity contribution >= 4 is 11.6 Å². The fourth-order valence-electron chi connectivity index (χ4n) is 2.88. The molecule has 0 radical (unpaired) electrons. The van der Waals surface area contributed by atoms with Crippen LogP contribution in [0.3, 0.4) is 0 Å². The van der Waals surface area contributed by atoms with Crippen LogP contribution >= 0.6 is 0 Å². The summed E-state index contributed by atoms with van der Waals surface area (Å²) in [6.45, 7) is 0. The molecule has 0 heterocycles. The quantitative estimate of drug-likeness (QED) is 0.733. The number of carbonyl (C=O) groups excluding carboxylic acids is 2. The molecule has 0 unspecified atom stereocenters. The number of hydrogen-bond acceptors (Lipinski definition) is 6. The first-order chi connectivity index (χ1) is 11.6. The Kier molecular flexibility index (Phi) is 3.89. The number of hydrogen-bond donors (Lipinski definition) is 0. The van der Waals surface area contributed by atoms with Gasteiger partial charge in [-0.05, 0) is 24.3 Å². The predicted octanol–water partition coefficient (Wildman–Crippen LogP) is 2.50. The molecule has 6 nitrogen and oxygen atoms in total. The number of carbonyl (C=O) groups is 2. The van der Waals surface area contributed by atoms with E-state index >= 15 is 0 Å². The van der Waals surface area contributed by atoms with Crippen LogP contribution in [-0.2, 0) is 0 Å². The van der Waals surface area contributed by atoms with Gasteiger partial charge >= 0.3 is 0 Å². The summed E-state index contributed by atoms with van der Waals surface area (Å²) in [5.41, 5.74) is 0.994. The van der Waals surface area contributed by atoms with E-state index in [2.05, 4.69) is 0 Å². The summed E-state index contributed by atoms with van der Waals surface area (Å²) < 4.78 is 21.1. The molecule has 0 atom stereocenters. The lowest BCUT2D eigenvalue weighted by Crippen LogP contribution is -2.22. The molecule has 0 N–H and O–H groups in total. The molecule has 0 fully saturated rings. The van der Waals surface area contributed by atoms with E-state index in [0.29, 0.717) is 22.6 Å². The second kappa shape index (κ2) is 5.88. The molecule has 1 aliphatic rings. The summed E-state index contributed by atoms with van der Waals surface area (Å²) in [5.74, 6) is 0.688. The largest absolute Gasteiger partial charge is 0.497 e. The predicted molar refractivity (Wildman–Crippen MR) is 86.0 cm³/mol. The highest BCUT2D eigenvalue weighted by Crippen LogP contribution is 2.45. The van der Waals surface area contributed by atoms with E-state index in [-0.39, 0.29) is 34.2 Å². The summed E-state index contributed by atoms with van der Waals surface area (Å²) >= 11 is 0. The van der Waals surface area contributed by atoms with E-state index in [9.17, 15) is 9.59 Å². The van der Waals surface area contributed by atoms with Crippen LogP contribution in [0.4, 0.5) is 0 Å². The van der Waals surface area contributed by atoms with Gasteiger partial charge in [-0.15, -0.1) is 0 Å². The Morgan fingerprint density at radius 3 is 1.96 bits per heavy atom. The molecule has 0 aliphatic heterocycles. The lowest BCUT2D eigenvalue weighted by molar-refractivity contribution is 0.0975. The molecule has 6 heteroatoms. The van der Waals surface area contributed by atoms with E-state index in [0.717, 1.165) is 0 Å². The SMILES string of the molecule is COc1ccc2c(c1)C(=O)c1cc(OC)c(OC)c(OC)c1C2=O. The molecule has 0 spiro atoms. The molecule has 0 amide bonds. The molecule has 3 rings (SSSR count). The molecule has 0 bridgehead atoms. The summed E-state index contributed by atoms with van der Waals surface area (Å²) in [4.78, 5) is 25.8. The van der Waals surface area contributed by atoms with Crippen LogP contribution < -0.4 is 18.9 Å². The average molecular weight is 328 g/mol. The number of rotatable bonds is 4. The number of fused-ring (bicyclic) bond motifs is 2. The Morgan fingerprint density at radius 2 is 1.38 bits per heavy atom. The smallest absolute Gasteiger partial charge is 0.204 e. The Morgan fingerprint density at radius 1 is 0.667 bits per heavy atom. The van der Waals surface area contributed by atoms with Crippen LogP contribution in [0.1, 0.15) is 31.8 Å². The number of methoxy groups -OCH3 is 4. The highest BCUT2D eigenvalue weighted by molar-refractivity contribution is 6.29. The first-order valence-corrected chi connectivity index (χ1v) is 7.17. The monoisotopic (exact) mass is 328 g/mol. The zero-order chi connectivity index (χ0) is 17.4. The van der Waals surface area contributed by atoms with Gasteiger partial charge < -0.3 is 18.9 Å². The minimum atomic E-state index is -0.306. The normalized spacial score (nSPS) is 12.3. The van der Waals surface area contributed by atoms with Crippen LogP contribution in [0, 0.1) is 0 Å². The van der Waals surface area contributed by atoms with Crippen molar-refractivity contribution < 1.29 is 28.5 Å². The molecule has 0 aromatic heterocycles. The zero-order valence-electron chi connectivity index (χ0n) is 13.8.